The zero-order chi connectivity index (χ0) is 57.2. The van der Waals surface area contributed by atoms with Crippen LogP contribution in [0.15, 0.2) is 85.1 Å². The van der Waals surface area contributed by atoms with E-state index in [9.17, 15) is 19.0 Å². The molecule has 452 valence electrons. The number of carbonyl (C=O) groups is 2. The molecular weight excluding hydrogens is 988 g/mol. The highest BCUT2D eigenvalue weighted by molar-refractivity contribution is 7.45. The number of unbranched alkanes of at least 4 members (excludes halogenated alkanes) is 30. The number of nitrogens with zero attached hydrogens (tertiary/aromatic N) is 1. The van der Waals surface area contributed by atoms with Gasteiger partial charge in [-0.25, -0.2) is 0 Å². The molecule has 0 aromatic carbocycles. The first-order chi connectivity index (χ1) is 37.9. The summed E-state index contributed by atoms with van der Waals surface area (Å²) in [6, 6.07) is -0.904. The van der Waals surface area contributed by atoms with Crippen LogP contribution in [0.1, 0.15) is 284 Å². The molecule has 3 atom stereocenters. The molecule has 0 aromatic heterocycles. The standard InChI is InChI=1S/C68H123N2O7P/c1-7-10-13-16-19-22-25-28-30-32-33-34-35-36-37-39-40-42-45-48-51-54-57-60-67(71)69-65(64-76-78(73,74)75-63-62-70(4,5)6)66(59-56-53-50-47-44-27-24-21-18-15-12-9-3)77-68(72)61-58-55-52-49-46-43-41-38-31-29-26-23-20-17-14-11-8-2/h10,13,19,22,28,30,33-34,36-37,40,42,56,59,65-66H,7-9,11-12,14-18,20-21,23-27,29,31-32,35,38-39,41,43-55,57-58,60-64H2,1-6H3,(H-,69,71,73,74)/b13-10-,22-19-,30-28-,34-33-,37-36-,42-40-,59-56-. The van der Waals surface area contributed by atoms with Crippen LogP contribution >= 0.6 is 7.82 Å². The molecule has 0 radical (unpaired) electrons. The van der Waals surface area contributed by atoms with E-state index in [-0.39, 0.29) is 31.3 Å². The summed E-state index contributed by atoms with van der Waals surface area (Å²) in [7, 11) is 1.16. The molecule has 0 saturated heterocycles. The molecule has 3 unspecified atom stereocenters. The highest BCUT2D eigenvalue weighted by Crippen LogP contribution is 2.38. The van der Waals surface area contributed by atoms with Crippen LogP contribution in [0.2, 0.25) is 0 Å². The summed E-state index contributed by atoms with van der Waals surface area (Å²) in [5.74, 6) is -0.565. The number of hydrogen-bond donors (Lipinski definition) is 1. The van der Waals surface area contributed by atoms with Gasteiger partial charge in [0, 0.05) is 12.8 Å². The molecule has 0 fully saturated rings. The Morgan fingerprint density at radius 1 is 0.462 bits per heavy atom. The fourth-order valence-corrected chi connectivity index (χ4v) is 9.84. The van der Waals surface area contributed by atoms with Crippen LogP contribution in [-0.2, 0) is 27.9 Å². The van der Waals surface area contributed by atoms with Gasteiger partial charge in [0.1, 0.15) is 19.3 Å². The van der Waals surface area contributed by atoms with Gasteiger partial charge in [0.25, 0.3) is 7.82 Å². The third-order valence-electron chi connectivity index (χ3n) is 14.1. The number of allylic oxidation sites excluding steroid dienone is 13. The molecule has 0 spiro atoms. The summed E-state index contributed by atoms with van der Waals surface area (Å²) in [6.07, 6.45) is 75.5. The fourth-order valence-electron chi connectivity index (χ4n) is 9.11. The van der Waals surface area contributed by atoms with Crippen molar-refractivity contribution in [1.29, 1.82) is 0 Å². The number of phosphoric acid groups is 1. The van der Waals surface area contributed by atoms with Gasteiger partial charge in [-0.1, -0.05) is 273 Å². The summed E-state index contributed by atoms with van der Waals surface area (Å²) < 4.78 is 30.3. The Bertz CT molecular complexity index is 1610. The van der Waals surface area contributed by atoms with Gasteiger partial charge in [0.15, 0.2) is 0 Å². The van der Waals surface area contributed by atoms with Crippen LogP contribution in [0.25, 0.3) is 0 Å². The molecule has 78 heavy (non-hydrogen) atoms. The number of rotatable bonds is 58. The highest BCUT2D eigenvalue weighted by Gasteiger charge is 2.27. The average Bonchev–Trinajstić information content (AvgIpc) is 3.40. The van der Waals surface area contributed by atoms with Gasteiger partial charge in [-0.2, -0.15) is 0 Å². The molecule has 9 nitrogen and oxygen atoms in total. The molecule has 0 rings (SSSR count). The Labute approximate surface area is 482 Å². The van der Waals surface area contributed by atoms with Crippen LogP contribution in [0.5, 0.6) is 0 Å². The van der Waals surface area contributed by atoms with E-state index >= 15 is 0 Å². The van der Waals surface area contributed by atoms with Crippen molar-refractivity contribution in [2.45, 2.75) is 296 Å². The molecular formula is C68H123N2O7P. The van der Waals surface area contributed by atoms with E-state index in [0.717, 1.165) is 103 Å². The smallest absolute Gasteiger partial charge is 0.306 e. The second-order valence-corrected chi connectivity index (χ2v) is 24.3. The van der Waals surface area contributed by atoms with Gasteiger partial charge in [-0.3, -0.25) is 14.2 Å². The van der Waals surface area contributed by atoms with Crippen molar-refractivity contribution in [1.82, 2.24) is 5.32 Å². The number of esters is 1. The molecule has 0 heterocycles. The van der Waals surface area contributed by atoms with E-state index in [1.807, 2.05) is 33.3 Å². The van der Waals surface area contributed by atoms with Crippen molar-refractivity contribution in [3.63, 3.8) is 0 Å². The Kier molecular flexibility index (Phi) is 55.4. The number of carbonyl (C=O) groups excluding carboxylic acids is 2. The lowest BCUT2D eigenvalue weighted by molar-refractivity contribution is -0.870. The predicted octanol–water partition coefficient (Wildman–Crippen LogP) is 19.5. The number of ether oxygens (including phenoxy) is 1. The number of quaternary nitrogens is 1. The minimum atomic E-state index is -4.71. The van der Waals surface area contributed by atoms with Crippen molar-refractivity contribution in [2.75, 3.05) is 40.9 Å². The van der Waals surface area contributed by atoms with Gasteiger partial charge in [0.2, 0.25) is 5.91 Å². The van der Waals surface area contributed by atoms with E-state index in [1.165, 1.54) is 141 Å². The van der Waals surface area contributed by atoms with Gasteiger partial charge < -0.3 is 28.5 Å². The fraction of sp³-hybridized carbons (Fsp3) is 0.765. The third-order valence-corrected chi connectivity index (χ3v) is 15.1. The Morgan fingerprint density at radius 3 is 1.23 bits per heavy atom. The van der Waals surface area contributed by atoms with Gasteiger partial charge in [-0.15, -0.1) is 0 Å². The Balaban J connectivity index is 5.25. The van der Waals surface area contributed by atoms with Gasteiger partial charge >= 0.3 is 5.97 Å². The van der Waals surface area contributed by atoms with E-state index < -0.39 is 26.6 Å². The highest BCUT2D eigenvalue weighted by atomic mass is 31.2. The van der Waals surface area contributed by atoms with Crippen molar-refractivity contribution < 1.29 is 37.3 Å². The predicted molar refractivity (Wildman–Crippen MR) is 335 cm³/mol. The van der Waals surface area contributed by atoms with E-state index in [4.69, 9.17) is 13.8 Å². The zero-order valence-corrected chi connectivity index (χ0v) is 52.5. The summed E-state index contributed by atoms with van der Waals surface area (Å²) >= 11 is 0. The maximum atomic E-state index is 13.5. The number of amides is 1. The van der Waals surface area contributed by atoms with Gasteiger partial charge in [0.05, 0.1) is 33.8 Å². The molecule has 0 saturated carbocycles. The van der Waals surface area contributed by atoms with Crippen molar-refractivity contribution in [3.05, 3.63) is 85.1 Å². The van der Waals surface area contributed by atoms with Crippen molar-refractivity contribution >= 4 is 19.7 Å². The molecule has 0 aliphatic carbocycles. The number of hydrogen-bond acceptors (Lipinski definition) is 7. The average molecular weight is 1110 g/mol. The summed E-state index contributed by atoms with van der Waals surface area (Å²) in [5, 5.41) is 3.02. The summed E-state index contributed by atoms with van der Waals surface area (Å²) in [6.45, 7) is 6.72. The van der Waals surface area contributed by atoms with Gasteiger partial charge in [-0.05, 0) is 83.1 Å². The minimum absolute atomic E-state index is 0.0298. The topological polar surface area (TPSA) is 114 Å². The third kappa shape index (κ3) is 57.9. The lowest BCUT2D eigenvalue weighted by Gasteiger charge is -2.30. The quantitative estimate of drug-likeness (QED) is 0.0212. The second kappa shape index (κ2) is 57.4. The number of phosphoric ester groups is 1. The second-order valence-electron chi connectivity index (χ2n) is 22.9. The van der Waals surface area contributed by atoms with Crippen LogP contribution < -0.4 is 10.2 Å². The summed E-state index contributed by atoms with van der Waals surface area (Å²) in [5.41, 5.74) is 0. The lowest BCUT2D eigenvalue weighted by atomic mass is 10.0. The normalized spacial score (nSPS) is 14.2. The first kappa shape index (κ1) is 75.2. The first-order valence-electron chi connectivity index (χ1n) is 32.4. The SMILES string of the molecule is CC/C=C\C/C=C\C/C=C\C/C=C\C/C=C\C/C=C\CCCCCCC(=O)NC(COP(=O)([O-])OCC[N+](C)(C)C)C(/C=C\CCCCCCCCCCCC)OC(=O)CCCCCCCCCCCCCCCCCCC. The monoisotopic (exact) mass is 1110 g/mol. The molecule has 0 aliphatic rings. The van der Waals surface area contributed by atoms with E-state index in [1.54, 1.807) is 0 Å². The van der Waals surface area contributed by atoms with Crippen LogP contribution in [0.4, 0.5) is 0 Å². The summed E-state index contributed by atoms with van der Waals surface area (Å²) in [4.78, 5) is 40.0. The van der Waals surface area contributed by atoms with Crippen molar-refractivity contribution in [3.8, 4) is 0 Å². The van der Waals surface area contributed by atoms with Crippen LogP contribution in [-0.4, -0.2) is 69.4 Å². The number of nitrogens with one attached hydrogen (secondary N) is 1. The maximum Gasteiger partial charge on any atom is 0.306 e. The maximum absolute atomic E-state index is 13.5. The molecule has 0 aromatic rings. The minimum Gasteiger partial charge on any atom is -0.756 e. The Hall–Kier alpha value is -2.81. The molecule has 1 N–H and O–H groups in total. The van der Waals surface area contributed by atoms with Crippen molar-refractivity contribution in [2.24, 2.45) is 0 Å². The van der Waals surface area contributed by atoms with Crippen LogP contribution in [0, 0.1) is 0 Å². The largest absolute Gasteiger partial charge is 0.756 e. The lowest BCUT2D eigenvalue weighted by Crippen LogP contribution is -2.47. The zero-order valence-electron chi connectivity index (χ0n) is 51.6. The first-order valence-corrected chi connectivity index (χ1v) is 33.9. The number of likely N-dealkylation sites (N-methyl/N-ethyl adjacent to an activating group) is 1. The Morgan fingerprint density at radius 2 is 0.821 bits per heavy atom. The van der Waals surface area contributed by atoms with E-state index in [2.05, 4.69) is 99.0 Å². The van der Waals surface area contributed by atoms with E-state index in [0.29, 0.717) is 17.4 Å². The molecule has 1 amide bonds. The molecule has 0 aliphatic heterocycles. The molecule has 0 bridgehead atoms. The molecule has 10 heteroatoms. The van der Waals surface area contributed by atoms with Crippen LogP contribution in [0.3, 0.4) is 0 Å².